The zero-order valence-electron chi connectivity index (χ0n) is 27.9. The zero-order valence-corrected chi connectivity index (χ0v) is 28.7. The predicted molar refractivity (Wildman–Crippen MR) is 215 cm³/mol. The molecule has 0 unspecified atom stereocenters. The Labute approximate surface area is 298 Å². The Hall–Kier alpha value is -6.29. The number of hydrogen-bond acceptors (Lipinski definition) is 0. The van der Waals surface area contributed by atoms with Gasteiger partial charge < -0.3 is 9.13 Å². The molecule has 0 N–H and O–H groups in total. The molecule has 8 aromatic carbocycles. The van der Waals surface area contributed by atoms with Crippen LogP contribution in [0.25, 0.3) is 55.0 Å². The minimum atomic E-state index is -1.96. The fourth-order valence-corrected chi connectivity index (χ4v) is 12.0. The Kier molecular flexibility index (Phi) is 6.93. The molecule has 0 aliphatic heterocycles. The van der Waals surface area contributed by atoms with Gasteiger partial charge in [-0.25, -0.2) is 0 Å². The standard InChI is InChI=1S/C48H34N2S/c1-5-17-35(18-6-1)49-45-27-15-13-25-41(45)43-33-39(29-31-47(43)49)51(37-21-9-3-10-22-37,38-23-11-4-12-24-38)40-30-32-48-44(34-40)42-26-14-16-28-46(42)50(48)36-19-7-2-8-20-36/h1-34H. The van der Waals surface area contributed by atoms with Crippen molar-refractivity contribution in [3.63, 3.8) is 0 Å². The summed E-state index contributed by atoms with van der Waals surface area (Å²) in [6, 6.07) is 75.9. The van der Waals surface area contributed by atoms with Crippen LogP contribution in [0.2, 0.25) is 0 Å². The van der Waals surface area contributed by atoms with E-state index in [0.717, 1.165) is 0 Å². The molecule has 10 aromatic rings. The van der Waals surface area contributed by atoms with E-state index in [1.165, 1.54) is 74.6 Å². The van der Waals surface area contributed by atoms with Crippen molar-refractivity contribution in [1.82, 2.24) is 9.13 Å². The van der Waals surface area contributed by atoms with E-state index in [2.05, 4.69) is 215 Å². The first kappa shape index (κ1) is 29.6. The highest BCUT2D eigenvalue weighted by molar-refractivity contribution is 8.34. The number of para-hydroxylation sites is 4. The summed E-state index contributed by atoms with van der Waals surface area (Å²) >= 11 is 0. The van der Waals surface area contributed by atoms with Gasteiger partial charge in [-0.3, -0.25) is 0 Å². The van der Waals surface area contributed by atoms with Crippen molar-refractivity contribution in [1.29, 1.82) is 0 Å². The number of nitrogens with zero attached hydrogens (tertiary/aromatic N) is 2. The number of rotatable bonds is 6. The van der Waals surface area contributed by atoms with Gasteiger partial charge in [0.15, 0.2) is 0 Å². The first-order valence-corrected chi connectivity index (χ1v) is 19.1. The molecular formula is C48H34N2S. The lowest BCUT2D eigenvalue weighted by atomic mass is 10.1. The minimum absolute atomic E-state index is 1.17. The summed E-state index contributed by atoms with van der Waals surface area (Å²) < 4.78 is 4.81. The Morgan fingerprint density at radius 1 is 0.255 bits per heavy atom. The summed E-state index contributed by atoms with van der Waals surface area (Å²) in [5, 5.41) is 5.04. The van der Waals surface area contributed by atoms with Gasteiger partial charge in [-0.2, -0.15) is 0 Å². The van der Waals surface area contributed by atoms with Crippen molar-refractivity contribution in [2.24, 2.45) is 0 Å². The van der Waals surface area contributed by atoms with Crippen LogP contribution in [0.3, 0.4) is 0 Å². The molecule has 0 aliphatic rings. The molecule has 242 valence electrons. The van der Waals surface area contributed by atoms with Crippen LogP contribution in [0.5, 0.6) is 0 Å². The van der Waals surface area contributed by atoms with E-state index in [-0.39, 0.29) is 0 Å². The Bertz CT molecular complexity index is 2640. The monoisotopic (exact) mass is 670 g/mol. The summed E-state index contributed by atoms with van der Waals surface area (Å²) in [5.74, 6) is 0. The quantitative estimate of drug-likeness (QED) is 0.167. The molecule has 0 spiro atoms. The van der Waals surface area contributed by atoms with Gasteiger partial charge in [0.2, 0.25) is 0 Å². The molecule has 2 nitrogen and oxygen atoms in total. The second-order valence-corrected chi connectivity index (χ2v) is 16.1. The summed E-state index contributed by atoms with van der Waals surface area (Å²) in [7, 11) is -1.96. The van der Waals surface area contributed by atoms with Crippen molar-refractivity contribution < 1.29 is 0 Å². The molecule has 0 amide bonds. The third kappa shape index (κ3) is 4.52. The van der Waals surface area contributed by atoms with Crippen LogP contribution in [-0.2, 0) is 0 Å². The topological polar surface area (TPSA) is 9.86 Å². The first-order valence-electron chi connectivity index (χ1n) is 17.4. The van der Waals surface area contributed by atoms with Crippen LogP contribution in [0.15, 0.2) is 226 Å². The second kappa shape index (κ2) is 11.9. The largest absolute Gasteiger partial charge is 0.309 e. The lowest BCUT2D eigenvalue weighted by Crippen LogP contribution is -2.05. The Balaban J connectivity index is 1.32. The van der Waals surface area contributed by atoms with Crippen LogP contribution in [0.4, 0.5) is 0 Å². The normalized spacial score (nSPS) is 12.2. The Morgan fingerprint density at radius 2 is 0.588 bits per heavy atom. The zero-order chi connectivity index (χ0) is 33.8. The van der Waals surface area contributed by atoms with E-state index < -0.39 is 10.0 Å². The molecule has 10 rings (SSSR count). The van der Waals surface area contributed by atoms with Gasteiger partial charge in [0, 0.05) is 52.5 Å². The molecule has 0 radical (unpaired) electrons. The summed E-state index contributed by atoms with van der Waals surface area (Å²) in [6.45, 7) is 0. The van der Waals surface area contributed by atoms with Crippen LogP contribution >= 0.6 is 10.0 Å². The van der Waals surface area contributed by atoms with Gasteiger partial charge in [-0.05, 0) is 97.1 Å². The van der Waals surface area contributed by atoms with Crippen molar-refractivity contribution in [2.45, 2.75) is 19.6 Å². The summed E-state index contributed by atoms with van der Waals surface area (Å²) in [6.07, 6.45) is 0. The van der Waals surface area contributed by atoms with Crippen molar-refractivity contribution in [3.05, 3.63) is 206 Å². The van der Waals surface area contributed by atoms with Gasteiger partial charge in [0.05, 0.1) is 22.1 Å². The fraction of sp³-hybridized carbons (Fsp3) is 0. The van der Waals surface area contributed by atoms with Gasteiger partial charge in [0.25, 0.3) is 0 Å². The van der Waals surface area contributed by atoms with Crippen LogP contribution in [0.1, 0.15) is 0 Å². The molecule has 2 aromatic heterocycles. The summed E-state index contributed by atoms with van der Waals surface area (Å²) in [4.78, 5) is 5.26. The minimum Gasteiger partial charge on any atom is -0.309 e. The molecule has 0 fully saturated rings. The lowest BCUT2D eigenvalue weighted by molar-refractivity contribution is 1.17. The van der Waals surface area contributed by atoms with Gasteiger partial charge >= 0.3 is 0 Å². The maximum Gasteiger partial charge on any atom is 0.0541 e. The average molecular weight is 671 g/mol. The second-order valence-electron chi connectivity index (χ2n) is 13.0. The first-order chi connectivity index (χ1) is 25.3. The lowest BCUT2D eigenvalue weighted by Gasteiger charge is -2.42. The van der Waals surface area contributed by atoms with Crippen LogP contribution in [-0.4, -0.2) is 9.13 Å². The predicted octanol–water partition coefficient (Wildman–Crippen LogP) is 13.2. The van der Waals surface area contributed by atoms with E-state index in [1.807, 2.05) is 0 Å². The summed E-state index contributed by atoms with van der Waals surface area (Å²) in [5.41, 5.74) is 7.18. The molecule has 2 heterocycles. The number of aromatic nitrogens is 2. The molecule has 0 aliphatic carbocycles. The maximum atomic E-state index is 2.49. The van der Waals surface area contributed by atoms with E-state index in [9.17, 15) is 0 Å². The van der Waals surface area contributed by atoms with E-state index in [1.54, 1.807) is 0 Å². The van der Waals surface area contributed by atoms with Gasteiger partial charge in [-0.15, -0.1) is 10.0 Å². The maximum absolute atomic E-state index is 2.49. The molecular weight excluding hydrogens is 637 g/mol. The van der Waals surface area contributed by atoms with Gasteiger partial charge in [0.1, 0.15) is 0 Å². The highest BCUT2D eigenvalue weighted by atomic mass is 32.3. The highest BCUT2D eigenvalue weighted by Crippen LogP contribution is 2.74. The third-order valence-electron chi connectivity index (χ3n) is 10.2. The van der Waals surface area contributed by atoms with Crippen molar-refractivity contribution in [2.75, 3.05) is 0 Å². The van der Waals surface area contributed by atoms with Gasteiger partial charge in [-0.1, -0.05) is 109 Å². The van der Waals surface area contributed by atoms with Crippen molar-refractivity contribution >= 4 is 53.6 Å². The number of hydrogen-bond donors (Lipinski definition) is 0. The van der Waals surface area contributed by atoms with Crippen LogP contribution < -0.4 is 0 Å². The molecule has 0 saturated carbocycles. The molecule has 0 atom stereocenters. The molecule has 0 bridgehead atoms. The fourth-order valence-electron chi connectivity index (χ4n) is 8.06. The molecule has 0 saturated heterocycles. The molecule has 3 heteroatoms. The van der Waals surface area contributed by atoms with E-state index >= 15 is 0 Å². The highest BCUT2D eigenvalue weighted by Gasteiger charge is 2.34. The van der Waals surface area contributed by atoms with E-state index in [4.69, 9.17) is 0 Å². The molecule has 51 heavy (non-hydrogen) atoms. The van der Waals surface area contributed by atoms with Crippen molar-refractivity contribution in [3.8, 4) is 11.4 Å². The Morgan fingerprint density at radius 3 is 1.00 bits per heavy atom. The number of benzene rings is 8. The smallest absolute Gasteiger partial charge is 0.0541 e. The van der Waals surface area contributed by atoms with E-state index in [0.29, 0.717) is 0 Å². The SMILES string of the molecule is c1ccc(-n2c3ccccc3c3cc(S(c4ccccc4)(c4ccccc4)c4ccc5c(c4)c4ccccc4n5-c4ccccc4)ccc32)cc1. The van der Waals surface area contributed by atoms with Crippen LogP contribution in [0, 0.1) is 0 Å². The number of fused-ring (bicyclic) bond motifs is 6. The third-order valence-corrected chi connectivity index (χ3v) is 14.1. The average Bonchev–Trinajstić information content (AvgIpc) is 3.72.